The van der Waals surface area contributed by atoms with E-state index in [2.05, 4.69) is 14.7 Å². The lowest BCUT2D eigenvalue weighted by Gasteiger charge is -2.32. The lowest BCUT2D eigenvalue weighted by atomic mass is 9.97. The van der Waals surface area contributed by atoms with E-state index in [0.717, 1.165) is 5.01 Å². The minimum Gasteiger partial charge on any atom is -0.444 e. The van der Waals surface area contributed by atoms with Crippen LogP contribution in [-0.2, 0) is 4.74 Å². The van der Waals surface area contributed by atoms with E-state index >= 15 is 4.39 Å². The van der Waals surface area contributed by atoms with Gasteiger partial charge in [0.05, 0.1) is 31.9 Å². The number of benzene rings is 1. The molecule has 0 saturated carbocycles. The number of amides is 1. The van der Waals surface area contributed by atoms with Crippen molar-refractivity contribution in [2.45, 2.75) is 57.7 Å². The second-order valence-electron chi connectivity index (χ2n) is 10.9. The van der Waals surface area contributed by atoms with Crippen molar-refractivity contribution in [3.8, 4) is 21.8 Å². The number of nitrogens with zero attached hydrogens (tertiary/aromatic N) is 4. The number of carbonyl (C=O) groups excluding carboxylic acids is 1. The number of aromatic nitrogens is 3. The Kier molecular flexibility index (Phi) is 9.14. The zero-order valence-electron chi connectivity index (χ0n) is 23.2. The number of hydrogen-bond acceptors (Lipinski definition) is 8. The normalized spacial score (nSPS) is 18.0. The first-order valence-corrected chi connectivity index (χ1v) is 15.4. The number of nitrogens with one attached hydrogen (secondary N) is 1. The molecule has 1 amide bonds. The molecular weight excluding hydrogens is 607 g/mol. The Hall–Kier alpha value is -3.09. The topological polar surface area (TPSA) is 80.2 Å². The van der Waals surface area contributed by atoms with Crippen LogP contribution in [0.4, 0.5) is 23.7 Å². The minimum atomic E-state index is -1.50. The second-order valence-corrected chi connectivity index (χ2v) is 13.1. The molecule has 1 unspecified atom stereocenters. The van der Waals surface area contributed by atoms with E-state index in [1.165, 1.54) is 35.8 Å². The van der Waals surface area contributed by atoms with Gasteiger partial charge in [-0.1, -0.05) is 12.1 Å². The molecule has 2 aromatic heterocycles. The van der Waals surface area contributed by atoms with Crippen molar-refractivity contribution in [3.63, 3.8) is 0 Å². The van der Waals surface area contributed by atoms with Gasteiger partial charge in [-0.15, -0.1) is 11.3 Å². The highest BCUT2D eigenvalue weighted by atomic mass is 35.5. The fraction of sp³-hybridized carbons (Fsp3) is 0.379. The Morgan fingerprint density at radius 3 is 2.64 bits per heavy atom. The summed E-state index contributed by atoms with van der Waals surface area (Å²) >= 11 is 8.19. The average molecular weight is 636 g/mol. The molecule has 2 aliphatic rings. The van der Waals surface area contributed by atoms with Gasteiger partial charge in [-0.2, -0.15) is 0 Å². The number of carbonyl (C=O) groups is 1. The fourth-order valence-electron chi connectivity index (χ4n) is 4.61. The summed E-state index contributed by atoms with van der Waals surface area (Å²) in [5.41, 5.74) is 0.554. The minimum absolute atomic E-state index is 0.0363. The summed E-state index contributed by atoms with van der Waals surface area (Å²) in [5.74, 6) is -1.27. The molecule has 0 radical (unpaired) electrons. The van der Waals surface area contributed by atoms with Crippen LogP contribution in [0.5, 0.6) is 0 Å². The number of anilines is 1. The van der Waals surface area contributed by atoms with Gasteiger partial charge in [-0.3, -0.25) is 0 Å². The Morgan fingerprint density at radius 1 is 1.19 bits per heavy atom. The van der Waals surface area contributed by atoms with Crippen molar-refractivity contribution in [1.29, 1.82) is 0 Å². The molecule has 1 aliphatic carbocycles. The van der Waals surface area contributed by atoms with E-state index in [1.807, 2.05) is 20.8 Å². The number of halogens is 4. The van der Waals surface area contributed by atoms with Gasteiger partial charge in [0, 0.05) is 37.2 Å². The van der Waals surface area contributed by atoms with Crippen LogP contribution in [0, 0.1) is 5.82 Å². The molecule has 1 saturated heterocycles. The van der Waals surface area contributed by atoms with E-state index in [1.54, 1.807) is 23.1 Å². The second kappa shape index (κ2) is 12.6. The number of thiazole rings is 1. The largest absolute Gasteiger partial charge is 0.444 e. The van der Waals surface area contributed by atoms with Gasteiger partial charge in [0.2, 0.25) is 5.28 Å². The standard InChI is InChI=1S/C29H29ClF3N5O2S2/c1-29(2,3)40-28(39)38-14-11-16(12-15-38)26-36-23(25(41-26)21-10-13-34-27(30)35-21)17-6-4-9-20(22(17)33)37-42-24-18(31)7-5-8-19(24)32/h4-7,9-10,13,16,19,37H,8,11-12,14-15H2,1-3H3. The lowest BCUT2D eigenvalue weighted by molar-refractivity contribution is 0.0205. The molecule has 1 fully saturated rings. The number of rotatable bonds is 6. The summed E-state index contributed by atoms with van der Waals surface area (Å²) in [6, 6.07) is 6.43. The Morgan fingerprint density at radius 2 is 1.95 bits per heavy atom. The quantitative estimate of drug-likeness (QED) is 0.214. The summed E-state index contributed by atoms with van der Waals surface area (Å²) in [5, 5.41) is 0.830. The van der Waals surface area contributed by atoms with Gasteiger partial charge >= 0.3 is 6.09 Å². The van der Waals surface area contributed by atoms with Crippen molar-refractivity contribution in [1.82, 2.24) is 19.9 Å². The molecule has 222 valence electrons. The van der Waals surface area contributed by atoms with E-state index in [0.29, 0.717) is 54.1 Å². The third-order valence-electron chi connectivity index (χ3n) is 6.65. The van der Waals surface area contributed by atoms with Crippen LogP contribution in [0.2, 0.25) is 5.28 Å². The smallest absolute Gasteiger partial charge is 0.410 e. The summed E-state index contributed by atoms with van der Waals surface area (Å²) in [6.07, 6.45) is 3.69. The number of allylic oxidation sites excluding steroid dienone is 4. The van der Waals surface area contributed by atoms with Gasteiger partial charge in [-0.05, 0) is 81.4 Å². The molecule has 3 aromatic rings. The Balaban J connectivity index is 1.43. The molecule has 1 atom stereocenters. The predicted molar refractivity (Wildman–Crippen MR) is 161 cm³/mol. The molecule has 0 spiro atoms. The van der Waals surface area contributed by atoms with Crippen molar-refractivity contribution < 1.29 is 22.7 Å². The first kappa shape index (κ1) is 30.4. The Bertz CT molecular complexity index is 1530. The first-order chi connectivity index (χ1) is 20.0. The number of piperidine rings is 1. The van der Waals surface area contributed by atoms with E-state index in [-0.39, 0.29) is 39.9 Å². The summed E-state index contributed by atoms with van der Waals surface area (Å²) in [4.78, 5) is 27.9. The molecule has 0 bridgehead atoms. The zero-order chi connectivity index (χ0) is 30.0. The van der Waals surface area contributed by atoms with Gasteiger partial charge in [0.25, 0.3) is 0 Å². The predicted octanol–water partition coefficient (Wildman–Crippen LogP) is 8.71. The summed E-state index contributed by atoms with van der Waals surface area (Å²) in [6.45, 7) is 6.51. The van der Waals surface area contributed by atoms with Gasteiger partial charge in [0.1, 0.15) is 17.6 Å². The number of likely N-dealkylation sites (tertiary alicyclic amines) is 1. The average Bonchev–Trinajstić information content (AvgIpc) is 3.38. The molecular formula is C29H29ClF3N5O2S2. The van der Waals surface area contributed by atoms with Gasteiger partial charge < -0.3 is 14.4 Å². The number of hydrogen-bond donors (Lipinski definition) is 1. The van der Waals surface area contributed by atoms with Gasteiger partial charge in [0.15, 0.2) is 5.82 Å². The fourth-order valence-corrected chi connectivity index (χ4v) is 6.74. The van der Waals surface area contributed by atoms with E-state index < -0.39 is 23.4 Å². The summed E-state index contributed by atoms with van der Waals surface area (Å²) in [7, 11) is 0. The molecule has 1 N–H and O–H groups in total. The molecule has 13 heteroatoms. The van der Waals surface area contributed by atoms with Crippen LogP contribution in [0.3, 0.4) is 0 Å². The van der Waals surface area contributed by atoms with Crippen LogP contribution in [-0.4, -0.2) is 50.8 Å². The molecule has 3 heterocycles. The van der Waals surface area contributed by atoms with E-state index in [4.69, 9.17) is 21.3 Å². The van der Waals surface area contributed by atoms with Crippen LogP contribution in [0.25, 0.3) is 21.8 Å². The lowest BCUT2D eigenvalue weighted by Crippen LogP contribution is -2.41. The maximum absolute atomic E-state index is 16.0. The highest BCUT2D eigenvalue weighted by Crippen LogP contribution is 2.43. The highest BCUT2D eigenvalue weighted by Gasteiger charge is 2.31. The van der Waals surface area contributed by atoms with Crippen LogP contribution >= 0.6 is 34.9 Å². The monoisotopic (exact) mass is 635 g/mol. The maximum atomic E-state index is 16.0. The zero-order valence-corrected chi connectivity index (χ0v) is 25.6. The SMILES string of the molecule is CC(C)(C)OC(=O)N1CCC(c2nc(-c3cccc(NSC4=C(F)C=CCC4F)c3F)c(-c3ccnc(Cl)n3)s2)CC1. The van der Waals surface area contributed by atoms with Crippen LogP contribution < -0.4 is 4.72 Å². The van der Waals surface area contributed by atoms with Crippen molar-refractivity contribution in [3.05, 3.63) is 69.5 Å². The van der Waals surface area contributed by atoms with Gasteiger partial charge in [-0.25, -0.2) is 32.9 Å². The Labute approximate surface area is 255 Å². The van der Waals surface area contributed by atoms with E-state index in [9.17, 15) is 13.6 Å². The first-order valence-electron chi connectivity index (χ1n) is 13.4. The van der Waals surface area contributed by atoms with Crippen molar-refractivity contribution in [2.75, 3.05) is 17.8 Å². The highest BCUT2D eigenvalue weighted by molar-refractivity contribution is 8.04. The number of ether oxygens (including phenoxy) is 1. The molecule has 5 rings (SSSR count). The molecule has 1 aliphatic heterocycles. The molecule has 1 aromatic carbocycles. The van der Waals surface area contributed by atoms with Crippen molar-refractivity contribution >= 4 is 46.7 Å². The number of alkyl halides is 1. The third kappa shape index (κ3) is 6.92. The summed E-state index contributed by atoms with van der Waals surface area (Å²) < 4.78 is 52.7. The third-order valence-corrected chi connectivity index (χ3v) is 9.07. The molecule has 7 nitrogen and oxygen atoms in total. The van der Waals surface area contributed by atoms with Crippen LogP contribution in [0.15, 0.2) is 53.3 Å². The van der Waals surface area contributed by atoms with Crippen LogP contribution in [0.1, 0.15) is 51.0 Å². The molecule has 42 heavy (non-hydrogen) atoms. The van der Waals surface area contributed by atoms with Crippen molar-refractivity contribution in [2.24, 2.45) is 0 Å². The maximum Gasteiger partial charge on any atom is 0.410 e.